The van der Waals surface area contributed by atoms with Crippen molar-refractivity contribution >= 4 is 0 Å². The van der Waals surface area contributed by atoms with E-state index in [0.29, 0.717) is 25.0 Å². The maximum Gasteiger partial charge on any atom is 0.161 e. The number of ether oxygens (including phenoxy) is 3. The van der Waals surface area contributed by atoms with Gasteiger partial charge in [-0.05, 0) is 36.5 Å². The largest absolute Gasteiger partial charge is 0.489 e. The number of rotatable bonds is 2. The Kier molecular flexibility index (Phi) is 4.13. The number of hydrogen-bond donors (Lipinski definition) is 1. The number of nitrogens with two attached hydrogens (primary N) is 1. The molecule has 0 aliphatic carbocycles. The van der Waals surface area contributed by atoms with E-state index in [2.05, 4.69) is 13.0 Å². The fourth-order valence-electron chi connectivity index (χ4n) is 2.82. The third-order valence-corrected chi connectivity index (χ3v) is 4.17. The molecule has 1 fully saturated rings. The first-order valence-electron chi connectivity index (χ1n) is 7.47. The van der Waals surface area contributed by atoms with Crippen molar-refractivity contribution in [2.45, 2.75) is 25.8 Å². The summed E-state index contributed by atoms with van der Waals surface area (Å²) < 4.78 is 17.0. The summed E-state index contributed by atoms with van der Waals surface area (Å²) in [5, 5.41) is 0. The third-order valence-electron chi connectivity index (χ3n) is 4.17. The molecule has 2 heterocycles. The summed E-state index contributed by atoms with van der Waals surface area (Å²) in [6, 6.07) is 6.15. The zero-order chi connectivity index (χ0) is 13.9. The summed E-state index contributed by atoms with van der Waals surface area (Å²) in [5.41, 5.74) is 7.55. The average molecular weight is 277 g/mol. The van der Waals surface area contributed by atoms with Gasteiger partial charge in [0.1, 0.15) is 0 Å². The molecule has 0 amide bonds. The molecule has 2 aliphatic heterocycles. The third kappa shape index (κ3) is 2.91. The summed E-state index contributed by atoms with van der Waals surface area (Å²) in [4.78, 5) is 0. The van der Waals surface area contributed by atoms with Crippen molar-refractivity contribution in [3.63, 3.8) is 0 Å². The molecule has 4 heteroatoms. The predicted octanol–water partition coefficient (Wildman–Crippen LogP) is 2.52. The lowest BCUT2D eigenvalue weighted by molar-refractivity contribution is 0.0583. The normalized spacial score (nSPS) is 25.0. The lowest BCUT2D eigenvalue weighted by Gasteiger charge is -2.28. The van der Waals surface area contributed by atoms with Gasteiger partial charge < -0.3 is 19.9 Å². The number of benzene rings is 1. The van der Waals surface area contributed by atoms with Crippen LogP contribution in [0.5, 0.6) is 11.5 Å². The van der Waals surface area contributed by atoms with E-state index in [4.69, 9.17) is 19.9 Å². The Morgan fingerprint density at radius 3 is 2.55 bits per heavy atom. The van der Waals surface area contributed by atoms with Gasteiger partial charge in [-0.3, -0.25) is 0 Å². The van der Waals surface area contributed by atoms with Crippen LogP contribution in [0.25, 0.3) is 0 Å². The predicted molar refractivity (Wildman–Crippen MR) is 77.1 cm³/mol. The van der Waals surface area contributed by atoms with E-state index in [9.17, 15) is 0 Å². The lowest BCUT2D eigenvalue weighted by atomic mass is 9.88. The van der Waals surface area contributed by atoms with Crippen LogP contribution in [-0.2, 0) is 4.74 Å². The zero-order valence-corrected chi connectivity index (χ0v) is 12.0. The maximum atomic E-state index is 6.42. The van der Waals surface area contributed by atoms with E-state index < -0.39 is 0 Å². The van der Waals surface area contributed by atoms with Crippen LogP contribution < -0.4 is 15.2 Å². The second-order valence-corrected chi connectivity index (χ2v) is 5.91. The molecular formula is C16H23NO3. The molecule has 2 unspecified atom stereocenters. The SMILES string of the molecule is CC1COc2ccc(C(N)C3CCOCC3)cc2OC1. The molecule has 2 aliphatic rings. The molecule has 3 rings (SSSR count). The first kappa shape index (κ1) is 13.7. The Morgan fingerprint density at radius 1 is 1.10 bits per heavy atom. The van der Waals surface area contributed by atoms with Crippen molar-refractivity contribution in [3.05, 3.63) is 23.8 Å². The zero-order valence-electron chi connectivity index (χ0n) is 12.0. The van der Waals surface area contributed by atoms with Gasteiger partial charge >= 0.3 is 0 Å². The molecule has 0 saturated carbocycles. The van der Waals surface area contributed by atoms with Crippen molar-refractivity contribution in [3.8, 4) is 11.5 Å². The van der Waals surface area contributed by atoms with E-state index in [0.717, 1.165) is 43.1 Å². The second-order valence-electron chi connectivity index (χ2n) is 5.91. The molecule has 110 valence electrons. The van der Waals surface area contributed by atoms with Crippen LogP contribution in [0.4, 0.5) is 0 Å². The van der Waals surface area contributed by atoms with Gasteiger partial charge in [-0.2, -0.15) is 0 Å². The molecule has 0 spiro atoms. The Labute approximate surface area is 120 Å². The van der Waals surface area contributed by atoms with E-state index in [1.165, 1.54) is 0 Å². The van der Waals surface area contributed by atoms with Crippen LogP contribution in [0, 0.1) is 11.8 Å². The summed E-state index contributed by atoms with van der Waals surface area (Å²) in [6.07, 6.45) is 2.07. The molecule has 20 heavy (non-hydrogen) atoms. The minimum Gasteiger partial charge on any atom is -0.489 e. The van der Waals surface area contributed by atoms with Gasteiger partial charge in [0.25, 0.3) is 0 Å². The fraction of sp³-hybridized carbons (Fsp3) is 0.625. The topological polar surface area (TPSA) is 53.7 Å². The van der Waals surface area contributed by atoms with Gasteiger partial charge in [-0.25, -0.2) is 0 Å². The van der Waals surface area contributed by atoms with Gasteiger partial charge in [0.2, 0.25) is 0 Å². The number of hydrogen-bond acceptors (Lipinski definition) is 4. The first-order chi connectivity index (χ1) is 9.74. The van der Waals surface area contributed by atoms with Gasteiger partial charge in [0.15, 0.2) is 11.5 Å². The summed E-state index contributed by atoms with van der Waals surface area (Å²) in [6.45, 7) is 5.17. The highest BCUT2D eigenvalue weighted by molar-refractivity contribution is 5.44. The van der Waals surface area contributed by atoms with Crippen LogP contribution in [0.1, 0.15) is 31.4 Å². The Morgan fingerprint density at radius 2 is 1.80 bits per heavy atom. The van der Waals surface area contributed by atoms with E-state index in [1.807, 2.05) is 12.1 Å². The molecule has 0 radical (unpaired) electrons. The van der Waals surface area contributed by atoms with Crippen LogP contribution in [-0.4, -0.2) is 26.4 Å². The van der Waals surface area contributed by atoms with Crippen LogP contribution >= 0.6 is 0 Å². The van der Waals surface area contributed by atoms with Crippen molar-refractivity contribution < 1.29 is 14.2 Å². The molecule has 2 atom stereocenters. The summed E-state index contributed by atoms with van der Waals surface area (Å²) >= 11 is 0. The molecule has 1 aromatic rings. The van der Waals surface area contributed by atoms with Crippen molar-refractivity contribution in [1.82, 2.24) is 0 Å². The van der Waals surface area contributed by atoms with Crippen LogP contribution in [0.3, 0.4) is 0 Å². The summed E-state index contributed by atoms with van der Waals surface area (Å²) in [7, 11) is 0. The van der Waals surface area contributed by atoms with Crippen molar-refractivity contribution in [1.29, 1.82) is 0 Å². The quantitative estimate of drug-likeness (QED) is 0.902. The molecular weight excluding hydrogens is 254 g/mol. The maximum absolute atomic E-state index is 6.42. The second kappa shape index (κ2) is 6.02. The first-order valence-corrected chi connectivity index (χ1v) is 7.47. The monoisotopic (exact) mass is 277 g/mol. The molecule has 0 bridgehead atoms. The Hall–Kier alpha value is -1.26. The van der Waals surface area contributed by atoms with E-state index in [-0.39, 0.29) is 6.04 Å². The number of fused-ring (bicyclic) bond motifs is 1. The van der Waals surface area contributed by atoms with Crippen molar-refractivity contribution in [2.75, 3.05) is 26.4 Å². The minimum atomic E-state index is 0.0495. The molecule has 1 aromatic carbocycles. The van der Waals surface area contributed by atoms with Crippen molar-refractivity contribution in [2.24, 2.45) is 17.6 Å². The van der Waals surface area contributed by atoms with Crippen LogP contribution in [0.2, 0.25) is 0 Å². The standard InChI is InChI=1S/C16H23NO3/c1-11-9-19-14-3-2-13(8-15(14)20-10-11)16(17)12-4-6-18-7-5-12/h2-3,8,11-12,16H,4-7,9-10,17H2,1H3. The average Bonchev–Trinajstić information content (AvgIpc) is 2.69. The lowest BCUT2D eigenvalue weighted by Crippen LogP contribution is -2.27. The highest BCUT2D eigenvalue weighted by atomic mass is 16.5. The van der Waals surface area contributed by atoms with Gasteiger partial charge in [0, 0.05) is 25.2 Å². The van der Waals surface area contributed by atoms with E-state index >= 15 is 0 Å². The Bertz CT molecular complexity index is 457. The van der Waals surface area contributed by atoms with Gasteiger partial charge in [-0.15, -0.1) is 0 Å². The molecule has 0 aromatic heterocycles. The molecule has 4 nitrogen and oxygen atoms in total. The van der Waals surface area contributed by atoms with Crippen LogP contribution in [0.15, 0.2) is 18.2 Å². The van der Waals surface area contributed by atoms with Gasteiger partial charge in [0.05, 0.1) is 13.2 Å². The highest BCUT2D eigenvalue weighted by Gasteiger charge is 2.24. The van der Waals surface area contributed by atoms with E-state index in [1.54, 1.807) is 0 Å². The Balaban J connectivity index is 1.77. The fourth-order valence-corrected chi connectivity index (χ4v) is 2.82. The van der Waals surface area contributed by atoms with Gasteiger partial charge in [-0.1, -0.05) is 13.0 Å². The highest BCUT2D eigenvalue weighted by Crippen LogP contribution is 2.35. The molecule has 1 saturated heterocycles. The summed E-state index contributed by atoms with van der Waals surface area (Å²) in [5.74, 6) is 2.56. The molecule has 2 N–H and O–H groups in total. The smallest absolute Gasteiger partial charge is 0.161 e. The minimum absolute atomic E-state index is 0.0495.